The molecule has 1 amide bonds. The van der Waals surface area contributed by atoms with Crippen LogP contribution in [0.5, 0.6) is 0 Å². The average Bonchev–Trinajstić information content (AvgIpc) is 2.16. The van der Waals surface area contributed by atoms with Gasteiger partial charge in [0.05, 0.1) is 0 Å². The number of hydrogen-bond acceptors (Lipinski definition) is 3. The van der Waals surface area contributed by atoms with E-state index < -0.39 is 0 Å². The van der Waals surface area contributed by atoms with E-state index in [4.69, 9.17) is 5.73 Å². The van der Waals surface area contributed by atoms with E-state index in [9.17, 15) is 4.79 Å². The summed E-state index contributed by atoms with van der Waals surface area (Å²) in [5.74, 6) is 0.108. The number of carbonyl (C=O) groups excluding carboxylic acids is 1. The molecule has 3 N–H and O–H groups in total. The van der Waals surface area contributed by atoms with Crippen molar-refractivity contribution < 1.29 is 4.79 Å². The summed E-state index contributed by atoms with van der Waals surface area (Å²) in [5, 5.41) is 3.80. The molecule has 0 aromatic carbocycles. The van der Waals surface area contributed by atoms with Crippen LogP contribution in [-0.4, -0.2) is 29.5 Å². The van der Waals surface area contributed by atoms with Gasteiger partial charge in [-0.15, -0.1) is 12.4 Å². The third-order valence-electron chi connectivity index (χ3n) is 2.83. The smallest absolute Gasteiger partial charge is 0.221 e. The Morgan fingerprint density at radius 3 is 2.81 bits per heavy atom. The minimum Gasteiger partial charge on any atom is -0.353 e. The first kappa shape index (κ1) is 16.1. The van der Waals surface area contributed by atoms with Crippen LogP contribution in [0, 0.1) is 0 Å². The molecule has 1 rings (SSSR count). The van der Waals surface area contributed by atoms with Gasteiger partial charge in [-0.05, 0) is 32.4 Å². The van der Waals surface area contributed by atoms with Gasteiger partial charge in [-0.1, -0.05) is 6.42 Å². The van der Waals surface area contributed by atoms with Gasteiger partial charge in [-0.3, -0.25) is 4.79 Å². The monoisotopic (exact) mass is 266 g/mol. The zero-order valence-corrected chi connectivity index (χ0v) is 11.7. The van der Waals surface area contributed by atoms with Crippen LogP contribution in [0.1, 0.15) is 39.0 Å². The highest BCUT2D eigenvalue weighted by molar-refractivity contribution is 7.99. The van der Waals surface area contributed by atoms with Crippen molar-refractivity contribution in [2.24, 2.45) is 5.73 Å². The van der Waals surface area contributed by atoms with Gasteiger partial charge in [0.1, 0.15) is 0 Å². The number of halogens is 1. The number of nitrogens with two attached hydrogens (primary N) is 1. The predicted molar refractivity (Wildman–Crippen MR) is 73.2 cm³/mol. The molecule has 3 unspecified atom stereocenters. The summed E-state index contributed by atoms with van der Waals surface area (Å²) in [7, 11) is 0. The molecule has 0 bridgehead atoms. The van der Waals surface area contributed by atoms with Crippen molar-refractivity contribution in [3.63, 3.8) is 0 Å². The maximum atomic E-state index is 11.5. The number of nitrogens with one attached hydrogen (secondary N) is 1. The summed E-state index contributed by atoms with van der Waals surface area (Å²) in [5.41, 5.74) is 5.59. The molecule has 1 aliphatic carbocycles. The van der Waals surface area contributed by atoms with Crippen molar-refractivity contribution in [3.8, 4) is 0 Å². The maximum absolute atomic E-state index is 11.5. The first-order valence-electron chi connectivity index (χ1n) is 5.69. The standard InChI is InChI=1S/C11H22N2OS.ClH/c1-8(12)6-11(14)13-9-4-3-5-10(7-9)15-2;/h8-10H,3-7,12H2,1-2H3,(H,13,14);1H. The molecule has 0 radical (unpaired) electrons. The summed E-state index contributed by atoms with van der Waals surface area (Å²) in [4.78, 5) is 11.5. The Morgan fingerprint density at radius 1 is 1.56 bits per heavy atom. The minimum absolute atomic E-state index is 0. The second-order valence-electron chi connectivity index (χ2n) is 4.47. The molecule has 1 aliphatic rings. The van der Waals surface area contributed by atoms with E-state index in [1.54, 1.807) is 0 Å². The van der Waals surface area contributed by atoms with E-state index in [2.05, 4.69) is 11.6 Å². The molecule has 1 saturated carbocycles. The predicted octanol–water partition coefficient (Wildman–Crippen LogP) is 1.94. The molecule has 5 heteroatoms. The fourth-order valence-electron chi connectivity index (χ4n) is 2.07. The summed E-state index contributed by atoms with van der Waals surface area (Å²) < 4.78 is 0. The molecule has 0 saturated heterocycles. The lowest BCUT2D eigenvalue weighted by atomic mass is 9.95. The summed E-state index contributed by atoms with van der Waals surface area (Å²) >= 11 is 1.91. The van der Waals surface area contributed by atoms with Crippen LogP contribution < -0.4 is 11.1 Å². The van der Waals surface area contributed by atoms with E-state index in [-0.39, 0.29) is 24.4 Å². The van der Waals surface area contributed by atoms with Gasteiger partial charge >= 0.3 is 0 Å². The molecule has 16 heavy (non-hydrogen) atoms. The Kier molecular flexibility index (Phi) is 8.24. The number of rotatable bonds is 4. The third-order valence-corrected chi connectivity index (χ3v) is 3.93. The Morgan fingerprint density at radius 2 is 2.25 bits per heavy atom. The van der Waals surface area contributed by atoms with E-state index in [0.717, 1.165) is 18.1 Å². The Bertz CT molecular complexity index is 214. The van der Waals surface area contributed by atoms with Gasteiger partial charge in [-0.2, -0.15) is 11.8 Å². The van der Waals surface area contributed by atoms with Gasteiger partial charge in [0.15, 0.2) is 0 Å². The van der Waals surface area contributed by atoms with Crippen LogP contribution in [0.25, 0.3) is 0 Å². The SMILES string of the molecule is CSC1CCCC(NC(=O)CC(C)N)C1.Cl. The highest BCUT2D eigenvalue weighted by atomic mass is 35.5. The van der Waals surface area contributed by atoms with Crippen molar-refractivity contribution >= 4 is 30.1 Å². The lowest BCUT2D eigenvalue weighted by Gasteiger charge is -2.28. The van der Waals surface area contributed by atoms with Crippen molar-refractivity contribution in [3.05, 3.63) is 0 Å². The Labute approximate surface area is 109 Å². The van der Waals surface area contributed by atoms with Gasteiger partial charge < -0.3 is 11.1 Å². The average molecular weight is 267 g/mol. The quantitative estimate of drug-likeness (QED) is 0.818. The van der Waals surface area contributed by atoms with Gasteiger partial charge in [-0.25, -0.2) is 0 Å². The molecule has 0 aromatic rings. The minimum atomic E-state index is -0.0371. The van der Waals surface area contributed by atoms with E-state index in [0.29, 0.717) is 12.5 Å². The summed E-state index contributed by atoms with van der Waals surface area (Å²) in [6.07, 6.45) is 7.36. The molecule has 0 aliphatic heterocycles. The molecule has 3 nitrogen and oxygen atoms in total. The molecule has 0 spiro atoms. The number of thioether (sulfide) groups is 1. The second kappa shape index (κ2) is 8.20. The fraction of sp³-hybridized carbons (Fsp3) is 0.909. The highest BCUT2D eigenvalue weighted by Crippen LogP contribution is 2.26. The second-order valence-corrected chi connectivity index (χ2v) is 5.61. The summed E-state index contributed by atoms with van der Waals surface area (Å²) in [6, 6.07) is 0.340. The lowest BCUT2D eigenvalue weighted by molar-refractivity contribution is -0.122. The van der Waals surface area contributed by atoms with Crippen LogP contribution in [0.3, 0.4) is 0 Å². The zero-order valence-electron chi connectivity index (χ0n) is 10.1. The molecule has 1 fully saturated rings. The first-order chi connectivity index (χ1) is 7.11. The van der Waals surface area contributed by atoms with Crippen molar-refractivity contribution in [2.75, 3.05) is 6.26 Å². The van der Waals surface area contributed by atoms with Crippen LogP contribution in [-0.2, 0) is 4.79 Å². The van der Waals surface area contributed by atoms with E-state index in [1.807, 2.05) is 18.7 Å². The molecule has 3 atom stereocenters. The lowest BCUT2D eigenvalue weighted by Crippen LogP contribution is -2.40. The fourth-order valence-corrected chi connectivity index (χ4v) is 2.90. The van der Waals surface area contributed by atoms with Gasteiger partial charge in [0.2, 0.25) is 5.91 Å². The number of hydrogen-bond donors (Lipinski definition) is 2. The maximum Gasteiger partial charge on any atom is 0.221 e. The first-order valence-corrected chi connectivity index (χ1v) is 6.98. The van der Waals surface area contributed by atoms with Crippen molar-refractivity contribution in [2.45, 2.75) is 56.4 Å². The third kappa shape index (κ3) is 5.97. The highest BCUT2D eigenvalue weighted by Gasteiger charge is 2.22. The molecule has 0 aromatic heterocycles. The van der Waals surface area contributed by atoms with Crippen LogP contribution in [0.2, 0.25) is 0 Å². The molecule has 0 heterocycles. The number of carbonyl (C=O) groups is 1. The van der Waals surface area contributed by atoms with Crippen molar-refractivity contribution in [1.29, 1.82) is 0 Å². The topological polar surface area (TPSA) is 55.1 Å². The zero-order chi connectivity index (χ0) is 11.3. The van der Waals surface area contributed by atoms with Crippen LogP contribution in [0.4, 0.5) is 0 Å². The Hall–Kier alpha value is 0.0700. The van der Waals surface area contributed by atoms with Gasteiger partial charge in [0.25, 0.3) is 0 Å². The molecular weight excluding hydrogens is 244 g/mol. The van der Waals surface area contributed by atoms with E-state index >= 15 is 0 Å². The van der Waals surface area contributed by atoms with Gasteiger partial charge in [0, 0.05) is 23.8 Å². The number of amides is 1. The molecular formula is C11H23ClN2OS. The van der Waals surface area contributed by atoms with Crippen LogP contribution >= 0.6 is 24.2 Å². The van der Waals surface area contributed by atoms with E-state index in [1.165, 1.54) is 12.8 Å². The normalized spacial score (nSPS) is 26.7. The summed E-state index contributed by atoms with van der Waals surface area (Å²) in [6.45, 7) is 1.87. The largest absolute Gasteiger partial charge is 0.353 e. The molecule has 96 valence electrons. The Balaban J connectivity index is 0.00000225. The van der Waals surface area contributed by atoms with Crippen LogP contribution in [0.15, 0.2) is 0 Å². The van der Waals surface area contributed by atoms with Crippen molar-refractivity contribution in [1.82, 2.24) is 5.32 Å².